The first kappa shape index (κ1) is 70.6. The van der Waals surface area contributed by atoms with Crippen LogP contribution in [-0.4, -0.2) is 100 Å². The molecule has 7 heterocycles. The molecule has 0 aliphatic carbocycles. The number of hydrogen-bond donors (Lipinski definition) is 6. The molecule has 5 aromatic carbocycles. The second-order valence-electron chi connectivity index (χ2n) is 25.9. The van der Waals surface area contributed by atoms with E-state index in [1.165, 1.54) is 48.5 Å². The molecule has 4 aliphatic rings. The lowest BCUT2D eigenvalue weighted by Gasteiger charge is -2.43. The molecule has 99 heavy (non-hydrogen) atoms. The summed E-state index contributed by atoms with van der Waals surface area (Å²) in [4.78, 5) is 49.0. The highest BCUT2D eigenvalue weighted by Gasteiger charge is 2.43. The van der Waals surface area contributed by atoms with Gasteiger partial charge < -0.3 is 30.5 Å². The van der Waals surface area contributed by atoms with E-state index < -0.39 is 106 Å². The Morgan fingerprint density at radius 3 is 2.17 bits per heavy atom. The standard InChI is InChI=1S/C68H64F5N7O13S6/c1-35-24-51-43(26-41(35)61-45(66(2,3)4)28-56(95-61)97(84,85)86)58(44-27-42-50(31-52(44)93-51)78(7)67(5,6)46-29-57(96-62(42)46)98(87,88)89)59-60(70)53(30-47(69)63(59)99(90,91)92)94-34-55(82)74-22-10-8-9-14-54(81)75-32-36-15-17-39(18-16-36)76-65(83)80-40-21-23-79(33-40)49-20-19-48(77-64(49)80)37-12-11-13-38(25-37)68(71,72)73/h11-13,15-20,24-31,40H,1,8-10,14,21-23,32-34H2,2-7H3,(H,74,82)(H,75,81)(H,76,83)(H,84,85,86)(H,87,88,89)(H,90,91,92)/t40-/m0/s1. The first-order valence-corrected chi connectivity index (χ1v) is 37.8. The zero-order valence-corrected chi connectivity index (χ0v) is 58.6. The fourth-order valence-corrected chi connectivity index (χ4v) is 18.3. The van der Waals surface area contributed by atoms with Crippen molar-refractivity contribution in [3.63, 3.8) is 0 Å². The van der Waals surface area contributed by atoms with E-state index in [1.54, 1.807) is 87.9 Å². The van der Waals surface area contributed by atoms with Gasteiger partial charge in [0.15, 0.2) is 5.82 Å². The smallest absolute Gasteiger partial charge is 0.416 e. The van der Waals surface area contributed by atoms with E-state index in [4.69, 9.17) is 9.72 Å². The summed E-state index contributed by atoms with van der Waals surface area (Å²) in [6.45, 7) is 14.7. The number of benzene rings is 5. The molecule has 4 amide bonds. The highest BCUT2D eigenvalue weighted by atomic mass is 32.3. The number of nitrogens with zero attached hydrogens (tertiary/aromatic N) is 4. The number of hydrogen-bond acceptors (Lipinski definition) is 16. The lowest BCUT2D eigenvalue weighted by Crippen LogP contribution is -2.48. The number of ether oxygens (including phenoxy) is 1. The number of urea groups is 1. The van der Waals surface area contributed by atoms with Crippen molar-refractivity contribution in [3.05, 3.63) is 159 Å². The topological polar surface area (TPSA) is 282 Å². The zero-order chi connectivity index (χ0) is 71.4. The molecule has 0 spiro atoms. The number of carbonyl (C=O) groups is 3. The number of amides is 4. The average molecular weight is 1470 g/mol. The van der Waals surface area contributed by atoms with Crippen molar-refractivity contribution in [2.75, 3.05) is 52.5 Å². The fourth-order valence-electron chi connectivity index (χ4n) is 12.7. The second kappa shape index (κ2) is 26.0. The van der Waals surface area contributed by atoms with Crippen LogP contribution >= 0.6 is 34.4 Å². The summed E-state index contributed by atoms with van der Waals surface area (Å²) in [5.41, 5.74) is 0.260. The Labute approximate surface area is 578 Å². The van der Waals surface area contributed by atoms with E-state index in [9.17, 15) is 66.5 Å². The molecule has 2 bridgehead atoms. The van der Waals surface area contributed by atoms with E-state index in [0.717, 1.165) is 29.0 Å². The maximum atomic E-state index is 18.0. The van der Waals surface area contributed by atoms with Gasteiger partial charge in [0.25, 0.3) is 10.1 Å². The van der Waals surface area contributed by atoms with Crippen LogP contribution in [0.4, 0.5) is 49.6 Å². The predicted molar refractivity (Wildman–Crippen MR) is 369 cm³/mol. The van der Waals surface area contributed by atoms with Gasteiger partial charge in [0.2, 0.25) is 11.8 Å². The quantitative estimate of drug-likeness (QED) is 0.0201. The van der Waals surface area contributed by atoms with Gasteiger partial charge >= 0.3 is 32.4 Å². The Morgan fingerprint density at radius 1 is 0.778 bits per heavy atom. The highest BCUT2D eigenvalue weighted by Crippen LogP contribution is 2.55. The molecule has 6 N–H and O–H groups in total. The number of halogens is 5. The summed E-state index contributed by atoms with van der Waals surface area (Å²) < 4.78 is 190. The summed E-state index contributed by atoms with van der Waals surface area (Å²) in [7, 11) is -13.5. The van der Waals surface area contributed by atoms with E-state index in [0.29, 0.717) is 112 Å². The van der Waals surface area contributed by atoms with Gasteiger partial charge in [0, 0.05) is 105 Å². The minimum absolute atomic E-state index is 0.0418. The minimum atomic E-state index is -5.70. The third-order valence-electron chi connectivity index (χ3n) is 17.9. The van der Waals surface area contributed by atoms with Gasteiger partial charge in [-0.05, 0) is 139 Å². The van der Waals surface area contributed by atoms with Gasteiger partial charge in [-0.1, -0.05) is 58.0 Å². The fraction of sp³-hybridized carbons (Fsp3) is 0.294. The molecular weight excluding hydrogens is 1410 g/mol. The first-order valence-electron chi connectivity index (χ1n) is 30.9. The Morgan fingerprint density at radius 2 is 1.48 bits per heavy atom. The number of aromatic nitrogens is 1. The Kier molecular flexibility index (Phi) is 18.6. The third-order valence-corrected chi connectivity index (χ3v) is 24.8. The number of fused-ring (bicyclic) bond motifs is 9. The summed E-state index contributed by atoms with van der Waals surface area (Å²) >= 11 is 1.95. The highest BCUT2D eigenvalue weighted by molar-refractivity contribution is 8.00. The van der Waals surface area contributed by atoms with E-state index in [-0.39, 0.29) is 86.2 Å². The van der Waals surface area contributed by atoms with Crippen LogP contribution in [0.2, 0.25) is 0 Å². The lowest BCUT2D eigenvalue weighted by atomic mass is 9.83. The number of thiophene rings is 2. The van der Waals surface area contributed by atoms with Crippen LogP contribution in [0.3, 0.4) is 0 Å². The summed E-state index contributed by atoms with van der Waals surface area (Å²) in [6.07, 6.45) is -2.39. The van der Waals surface area contributed by atoms with E-state index >= 15 is 8.78 Å². The number of nitrogens with one attached hydrogen (secondary N) is 3. The first-order chi connectivity index (χ1) is 46.4. The number of pyridine rings is 1. The minimum Gasteiger partial charge on any atom is -0.456 e. The average Bonchev–Trinajstić information content (AvgIpc) is 1.61. The van der Waals surface area contributed by atoms with E-state index in [2.05, 4.69) is 27.4 Å². The van der Waals surface area contributed by atoms with Crippen LogP contribution in [0.1, 0.15) is 100 Å². The molecule has 0 unspecified atom stereocenters. The zero-order valence-electron chi connectivity index (χ0n) is 53.7. The Balaban J connectivity index is 0.729. The molecule has 3 aromatic heterocycles. The lowest BCUT2D eigenvalue weighted by molar-refractivity contribution is -0.137. The van der Waals surface area contributed by atoms with Crippen LogP contribution in [0, 0.1) is 11.6 Å². The van der Waals surface area contributed by atoms with Crippen LogP contribution in [0.25, 0.3) is 44.3 Å². The number of thioether (sulfide) groups is 1. The van der Waals surface area contributed by atoms with Gasteiger partial charge in [0.1, 0.15) is 36.4 Å². The molecule has 0 radical (unpaired) electrons. The molecule has 8 aromatic rings. The summed E-state index contributed by atoms with van der Waals surface area (Å²) in [5.74, 6) is -4.17. The molecule has 520 valence electrons. The van der Waals surface area contributed by atoms with Crippen LogP contribution < -0.4 is 45.8 Å². The second-order valence-corrected chi connectivity index (χ2v) is 33.6. The Bertz CT molecular complexity index is 5180. The van der Waals surface area contributed by atoms with Crippen molar-refractivity contribution in [2.24, 2.45) is 0 Å². The van der Waals surface area contributed by atoms with Crippen molar-refractivity contribution < 1.29 is 80.0 Å². The van der Waals surface area contributed by atoms with Gasteiger partial charge in [-0.2, -0.15) is 38.4 Å². The number of unbranched alkanes of at least 4 members (excludes halogenated alkanes) is 2. The van der Waals surface area contributed by atoms with Crippen molar-refractivity contribution in [2.45, 2.75) is 115 Å². The molecule has 31 heteroatoms. The molecule has 1 fully saturated rings. The summed E-state index contributed by atoms with van der Waals surface area (Å²) in [6, 6.07) is 23.4. The third kappa shape index (κ3) is 13.9. The van der Waals surface area contributed by atoms with Crippen molar-refractivity contribution >= 4 is 118 Å². The predicted octanol–water partition coefficient (Wildman–Crippen LogP) is 12.7. The molecule has 0 saturated carbocycles. The van der Waals surface area contributed by atoms with Gasteiger partial charge in [-0.25, -0.2) is 18.6 Å². The van der Waals surface area contributed by atoms with Gasteiger partial charge in [0.05, 0.1) is 34.3 Å². The molecule has 4 aliphatic heterocycles. The largest absolute Gasteiger partial charge is 0.456 e. The maximum absolute atomic E-state index is 18.0. The van der Waals surface area contributed by atoms with Crippen molar-refractivity contribution in [3.8, 4) is 43.6 Å². The summed E-state index contributed by atoms with van der Waals surface area (Å²) in [5, 5.41) is 8.61. The monoisotopic (exact) mass is 1470 g/mol. The normalized spacial score (nSPS) is 15.6. The molecule has 20 nitrogen and oxygen atoms in total. The molecule has 12 rings (SSSR count). The number of rotatable bonds is 18. The number of anilines is 4. The SMILES string of the molecule is C=c1cc2c(cc1-c1sc(S(=O)(=O)O)cc1C(C)(C)C)=C(c1c(F)c(SCC(=O)NCCCCCC(=O)NCc3ccc(NC(=O)N4c5nc(-c6cccc(C(F)(F)F)c6)ccc5N5CC[C@H]4C5)cc3)cc(F)c1S(=O)(=O)O)c1cc3c(cc1O2)N(C)C(C)(C)c1cc(S(=O)(=O)O)sc1-3. The number of alkyl halides is 3. The maximum Gasteiger partial charge on any atom is 0.416 e. The van der Waals surface area contributed by atoms with Crippen molar-refractivity contribution in [1.82, 2.24) is 15.6 Å². The molecule has 1 atom stereocenters. The van der Waals surface area contributed by atoms with E-state index in [1.807, 2.05) is 0 Å². The van der Waals surface area contributed by atoms with Crippen LogP contribution in [-0.2, 0) is 63.6 Å². The van der Waals surface area contributed by atoms with Crippen LogP contribution in [0.5, 0.6) is 11.5 Å². The number of carbonyl (C=O) groups excluding carboxylic acids is 3. The van der Waals surface area contributed by atoms with Gasteiger partial charge in [-0.15, -0.1) is 34.4 Å². The molecule has 1 saturated heterocycles. The van der Waals surface area contributed by atoms with Gasteiger partial charge in [-0.3, -0.25) is 28.1 Å². The Hall–Kier alpha value is -8.27. The van der Waals surface area contributed by atoms with Crippen molar-refractivity contribution in [1.29, 1.82) is 0 Å². The molecular formula is C68H64F5N7O13S6. The van der Waals surface area contributed by atoms with Crippen LogP contribution in [0.15, 0.2) is 121 Å².